The van der Waals surface area contributed by atoms with E-state index in [1.165, 1.54) is 12.1 Å². The first kappa shape index (κ1) is 14.9. The van der Waals surface area contributed by atoms with E-state index in [0.717, 1.165) is 12.8 Å². The van der Waals surface area contributed by atoms with Gasteiger partial charge in [0.1, 0.15) is 5.82 Å². The van der Waals surface area contributed by atoms with Crippen LogP contribution in [0.4, 0.5) is 4.39 Å². The zero-order valence-corrected chi connectivity index (χ0v) is 12.9. The summed E-state index contributed by atoms with van der Waals surface area (Å²) in [5, 5.41) is 0. The van der Waals surface area contributed by atoms with Gasteiger partial charge in [0.2, 0.25) is 10.0 Å². The molecule has 0 radical (unpaired) electrons. The van der Waals surface area contributed by atoms with Gasteiger partial charge >= 0.3 is 0 Å². The second-order valence-corrected chi connectivity index (χ2v) is 7.47. The summed E-state index contributed by atoms with van der Waals surface area (Å²) in [6.45, 7) is 1.77. The van der Waals surface area contributed by atoms with Crippen molar-refractivity contribution in [2.45, 2.75) is 30.7 Å². The van der Waals surface area contributed by atoms with Crippen LogP contribution in [0.15, 0.2) is 21.5 Å². The molecule has 0 saturated heterocycles. The number of hydrogen-bond acceptors (Lipinski definition) is 3. The van der Waals surface area contributed by atoms with Crippen molar-refractivity contribution in [1.82, 2.24) is 4.72 Å². The molecule has 2 rings (SSSR count). The largest absolute Gasteiger partial charge is 0.326 e. The maximum atomic E-state index is 13.3. The predicted molar refractivity (Wildman–Crippen MR) is 74.7 cm³/mol. The third-order valence-corrected chi connectivity index (χ3v) is 5.42. The molecule has 1 saturated carbocycles. The van der Waals surface area contributed by atoms with Crippen LogP contribution in [0.1, 0.15) is 18.4 Å². The summed E-state index contributed by atoms with van der Waals surface area (Å²) >= 11 is 2.99. The molecule has 1 aliphatic rings. The van der Waals surface area contributed by atoms with Gasteiger partial charge in [-0.15, -0.1) is 0 Å². The number of sulfonamides is 1. The molecule has 106 valence electrons. The zero-order valence-electron chi connectivity index (χ0n) is 10.5. The molecule has 1 atom stereocenters. The average molecular weight is 351 g/mol. The van der Waals surface area contributed by atoms with E-state index >= 15 is 0 Å². The number of nitrogens with two attached hydrogens (primary N) is 1. The Morgan fingerprint density at radius 3 is 2.74 bits per heavy atom. The third-order valence-electron chi connectivity index (χ3n) is 3.24. The number of hydrogen-bond donors (Lipinski definition) is 2. The van der Waals surface area contributed by atoms with E-state index < -0.39 is 15.8 Å². The molecule has 1 aromatic carbocycles. The number of rotatable bonds is 5. The fourth-order valence-corrected chi connectivity index (χ4v) is 3.71. The minimum Gasteiger partial charge on any atom is -0.326 e. The normalized spacial score (nSPS) is 17.5. The summed E-state index contributed by atoms with van der Waals surface area (Å²) in [5.74, 6) is -0.0603. The van der Waals surface area contributed by atoms with E-state index in [4.69, 9.17) is 5.73 Å². The summed E-state index contributed by atoms with van der Waals surface area (Å²) < 4.78 is 40.2. The van der Waals surface area contributed by atoms with Gasteiger partial charge in [0.15, 0.2) is 0 Å². The number of aryl methyl sites for hydroxylation is 1. The smallest absolute Gasteiger partial charge is 0.240 e. The second-order valence-electron chi connectivity index (χ2n) is 4.88. The summed E-state index contributed by atoms with van der Waals surface area (Å²) in [7, 11) is -3.66. The standard InChI is InChI=1S/C12H16BrFN2O2S/c1-7-4-10(14)9(13)5-12(7)19(17,18)16-6-11(15)8-2-3-8/h4-5,8,11,16H,2-3,6,15H2,1H3. The van der Waals surface area contributed by atoms with E-state index in [-0.39, 0.29) is 22.0 Å². The highest BCUT2D eigenvalue weighted by Gasteiger charge is 2.29. The molecule has 0 bridgehead atoms. The first-order valence-corrected chi connectivity index (χ1v) is 8.30. The van der Waals surface area contributed by atoms with Crippen molar-refractivity contribution in [1.29, 1.82) is 0 Å². The van der Waals surface area contributed by atoms with Crippen molar-refractivity contribution in [3.05, 3.63) is 28.0 Å². The lowest BCUT2D eigenvalue weighted by Crippen LogP contribution is -2.38. The molecule has 7 heteroatoms. The van der Waals surface area contributed by atoms with Crippen molar-refractivity contribution in [2.24, 2.45) is 11.7 Å². The highest BCUT2D eigenvalue weighted by atomic mass is 79.9. The summed E-state index contributed by atoms with van der Waals surface area (Å²) in [4.78, 5) is 0.0729. The number of halogens is 2. The molecule has 0 heterocycles. The van der Waals surface area contributed by atoms with Crippen LogP contribution in [0.5, 0.6) is 0 Å². The Morgan fingerprint density at radius 1 is 1.53 bits per heavy atom. The van der Waals surface area contributed by atoms with E-state index in [2.05, 4.69) is 20.7 Å². The van der Waals surface area contributed by atoms with Gasteiger partial charge in [0.25, 0.3) is 0 Å². The van der Waals surface area contributed by atoms with Gasteiger partial charge in [0.05, 0.1) is 9.37 Å². The van der Waals surface area contributed by atoms with Gasteiger partial charge in [-0.05, 0) is 59.3 Å². The Bertz CT molecular complexity index is 588. The highest BCUT2D eigenvalue weighted by molar-refractivity contribution is 9.10. The molecule has 0 spiro atoms. The third kappa shape index (κ3) is 3.53. The van der Waals surface area contributed by atoms with E-state index in [1.54, 1.807) is 6.92 Å². The van der Waals surface area contributed by atoms with Gasteiger partial charge < -0.3 is 5.73 Å². The van der Waals surface area contributed by atoms with Crippen LogP contribution in [-0.2, 0) is 10.0 Å². The van der Waals surface area contributed by atoms with Gasteiger partial charge in [-0.1, -0.05) is 0 Å². The Labute approximate surface area is 120 Å². The minimum atomic E-state index is -3.66. The maximum absolute atomic E-state index is 13.3. The molecule has 1 aromatic rings. The van der Waals surface area contributed by atoms with Gasteiger partial charge in [-0.25, -0.2) is 17.5 Å². The van der Waals surface area contributed by atoms with Crippen LogP contribution < -0.4 is 10.5 Å². The van der Waals surface area contributed by atoms with E-state index in [1.807, 2.05) is 0 Å². The summed E-state index contributed by atoms with van der Waals surface area (Å²) in [5.41, 5.74) is 6.23. The lowest BCUT2D eigenvalue weighted by Gasteiger charge is -2.14. The molecule has 19 heavy (non-hydrogen) atoms. The fraction of sp³-hybridized carbons (Fsp3) is 0.500. The Hall–Kier alpha value is -0.500. The van der Waals surface area contributed by atoms with Gasteiger partial charge in [-0.3, -0.25) is 0 Å². The maximum Gasteiger partial charge on any atom is 0.240 e. The number of nitrogens with one attached hydrogen (secondary N) is 1. The molecular formula is C12H16BrFN2O2S. The Morgan fingerprint density at radius 2 is 2.16 bits per heavy atom. The van der Waals surface area contributed by atoms with E-state index in [9.17, 15) is 12.8 Å². The molecule has 1 aliphatic carbocycles. The molecule has 0 aromatic heterocycles. The van der Waals surface area contributed by atoms with Crippen LogP contribution >= 0.6 is 15.9 Å². The quantitative estimate of drug-likeness (QED) is 0.851. The topological polar surface area (TPSA) is 72.2 Å². The molecular weight excluding hydrogens is 335 g/mol. The summed E-state index contributed by atoms with van der Waals surface area (Å²) in [6.07, 6.45) is 2.12. The molecule has 0 aliphatic heterocycles. The van der Waals surface area contributed by atoms with Crippen molar-refractivity contribution < 1.29 is 12.8 Å². The Balaban J connectivity index is 2.16. The average Bonchev–Trinajstić information content (AvgIpc) is 3.14. The zero-order chi connectivity index (χ0) is 14.2. The van der Waals surface area contributed by atoms with Crippen molar-refractivity contribution >= 4 is 26.0 Å². The lowest BCUT2D eigenvalue weighted by atomic mass is 10.2. The van der Waals surface area contributed by atoms with Crippen LogP contribution in [0.2, 0.25) is 0 Å². The fourth-order valence-electron chi connectivity index (χ4n) is 1.89. The van der Waals surface area contributed by atoms with Crippen molar-refractivity contribution in [3.63, 3.8) is 0 Å². The Kier molecular flexibility index (Phi) is 4.29. The lowest BCUT2D eigenvalue weighted by molar-refractivity contribution is 0.547. The van der Waals surface area contributed by atoms with Gasteiger partial charge in [0, 0.05) is 12.6 Å². The molecule has 3 N–H and O–H groups in total. The first-order valence-electron chi connectivity index (χ1n) is 6.02. The monoisotopic (exact) mass is 350 g/mol. The number of benzene rings is 1. The minimum absolute atomic E-state index is 0.0729. The summed E-state index contributed by atoms with van der Waals surface area (Å²) in [6, 6.07) is 2.31. The molecule has 1 unspecified atom stereocenters. The van der Waals surface area contributed by atoms with E-state index in [0.29, 0.717) is 11.5 Å². The molecule has 0 amide bonds. The molecule has 1 fully saturated rings. The van der Waals surface area contributed by atoms with Crippen molar-refractivity contribution in [2.75, 3.05) is 6.54 Å². The van der Waals surface area contributed by atoms with Crippen LogP contribution in [0.25, 0.3) is 0 Å². The second kappa shape index (κ2) is 5.47. The molecule has 4 nitrogen and oxygen atoms in total. The van der Waals surface area contributed by atoms with Crippen molar-refractivity contribution in [3.8, 4) is 0 Å². The highest BCUT2D eigenvalue weighted by Crippen LogP contribution is 2.31. The van der Waals surface area contributed by atoms with Crippen LogP contribution in [0, 0.1) is 18.7 Å². The van der Waals surface area contributed by atoms with Crippen LogP contribution in [0.3, 0.4) is 0 Å². The van der Waals surface area contributed by atoms with Crippen LogP contribution in [-0.4, -0.2) is 21.0 Å². The first-order chi connectivity index (χ1) is 8.81. The predicted octanol–water partition coefficient (Wildman–Crippen LogP) is 1.91. The SMILES string of the molecule is Cc1cc(F)c(Br)cc1S(=O)(=O)NCC(N)C1CC1. The van der Waals surface area contributed by atoms with Gasteiger partial charge in [-0.2, -0.15) is 0 Å².